The molecule has 0 aliphatic heterocycles. The molecule has 2 aromatic rings. The van der Waals surface area contributed by atoms with Crippen LogP contribution in [0.5, 0.6) is 0 Å². The molecule has 0 saturated heterocycles. The lowest BCUT2D eigenvalue weighted by Crippen LogP contribution is -2.03. The molecule has 5 heteroatoms. The van der Waals surface area contributed by atoms with Crippen molar-refractivity contribution < 1.29 is 4.39 Å². The third-order valence-corrected chi connectivity index (χ3v) is 3.27. The topological polar surface area (TPSA) is 42.7 Å². The first kappa shape index (κ1) is 15.0. The van der Waals surface area contributed by atoms with Gasteiger partial charge < -0.3 is 5.32 Å². The van der Waals surface area contributed by atoms with Crippen molar-refractivity contribution >= 4 is 5.82 Å². The van der Waals surface area contributed by atoms with Crippen molar-refractivity contribution in [1.82, 2.24) is 14.8 Å². The summed E-state index contributed by atoms with van der Waals surface area (Å²) in [6.07, 6.45) is 6.69. The van der Waals surface area contributed by atoms with Crippen molar-refractivity contribution in [2.24, 2.45) is 7.05 Å². The number of nitrogens with one attached hydrogen (secondary N) is 1. The second-order valence-corrected chi connectivity index (χ2v) is 4.72. The van der Waals surface area contributed by atoms with E-state index in [1.165, 1.54) is 12.2 Å². The first-order chi connectivity index (χ1) is 10.1. The van der Waals surface area contributed by atoms with E-state index in [-0.39, 0.29) is 5.83 Å². The normalized spacial score (nSPS) is 11.5. The fourth-order valence-corrected chi connectivity index (χ4v) is 2.00. The second-order valence-electron chi connectivity index (χ2n) is 4.72. The summed E-state index contributed by atoms with van der Waals surface area (Å²) in [6, 6.07) is 3.88. The zero-order valence-corrected chi connectivity index (χ0v) is 12.3. The van der Waals surface area contributed by atoms with Gasteiger partial charge in [-0.25, -0.2) is 9.37 Å². The maximum absolute atomic E-state index is 13.2. The summed E-state index contributed by atoms with van der Waals surface area (Å²) in [5, 5.41) is 7.35. The third kappa shape index (κ3) is 3.78. The Morgan fingerprint density at radius 1 is 1.52 bits per heavy atom. The Hall–Kier alpha value is -2.43. The number of allylic oxidation sites excluding steroid dienone is 2. The molecule has 0 unspecified atom stereocenters. The Morgan fingerprint density at radius 3 is 3.00 bits per heavy atom. The standard InChI is InChI=1S/C16H19FN4/c1-4-5-14(17)7-9-19-16-10-13(6-8-18-16)15-11-20-21(3)12(15)2/h4-6,8,10-11H,1,7,9H2,2-3H3,(H,18,19)/b14-5+. The Bertz CT molecular complexity index is 658. The summed E-state index contributed by atoms with van der Waals surface area (Å²) in [5.74, 6) is 0.527. The van der Waals surface area contributed by atoms with Crippen molar-refractivity contribution in [1.29, 1.82) is 0 Å². The molecule has 0 radical (unpaired) electrons. The first-order valence-electron chi connectivity index (χ1n) is 6.78. The van der Waals surface area contributed by atoms with Crippen molar-refractivity contribution in [3.05, 3.63) is 54.8 Å². The van der Waals surface area contributed by atoms with Crippen LogP contribution >= 0.6 is 0 Å². The molecule has 0 aliphatic carbocycles. The number of anilines is 1. The lowest BCUT2D eigenvalue weighted by molar-refractivity contribution is 0.597. The van der Waals surface area contributed by atoms with Crippen molar-refractivity contribution in [3.63, 3.8) is 0 Å². The van der Waals surface area contributed by atoms with Crippen LogP contribution in [-0.4, -0.2) is 21.3 Å². The average molecular weight is 286 g/mol. The summed E-state index contributed by atoms with van der Waals surface area (Å²) >= 11 is 0. The number of nitrogens with zero attached hydrogens (tertiary/aromatic N) is 3. The summed E-state index contributed by atoms with van der Waals surface area (Å²) in [4.78, 5) is 4.24. The predicted octanol–water partition coefficient (Wildman–Crippen LogP) is 3.63. The van der Waals surface area contributed by atoms with Gasteiger partial charge in [0.1, 0.15) is 11.6 Å². The Labute approximate surface area is 124 Å². The van der Waals surface area contributed by atoms with Gasteiger partial charge in [-0.05, 0) is 30.7 Å². The van der Waals surface area contributed by atoms with Gasteiger partial charge in [0.2, 0.25) is 0 Å². The van der Waals surface area contributed by atoms with Crippen LogP contribution in [0.25, 0.3) is 11.1 Å². The van der Waals surface area contributed by atoms with E-state index in [1.807, 2.05) is 37.0 Å². The van der Waals surface area contributed by atoms with E-state index in [2.05, 4.69) is 22.0 Å². The van der Waals surface area contributed by atoms with Gasteiger partial charge in [0.15, 0.2) is 0 Å². The van der Waals surface area contributed by atoms with Gasteiger partial charge in [-0.3, -0.25) is 4.68 Å². The molecule has 2 aromatic heterocycles. The monoisotopic (exact) mass is 286 g/mol. The van der Waals surface area contributed by atoms with Gasteiger partial charge in [-0.15, -0.1) is 0 Å². The molecule has 0 aliphatic rings. The molecule has 2 rings (SSSR count). The molecule has 4 nitrogen and oxygen atoms in total. The zero-order chi connectivity index (χ0) is 15.2. The Morgan fingerprint density at radius 2 is 2.33 bits per heavy atom. The molecule has 2 heterocycles. The molecule has 0 fully saturated rings. The highest BCUT2D eigenvalue weighted by molar-refractivity contribution is 5.67. The fourth-order valence-electron chi connectivity index (χ4n) is 2.00. The number of aryl methyl sites for hydroxylation is 1. The Kier molecular flexibility index (Phi) is 4.87. The van der Waals surface area contributed by atoms with Crippen LogP contribution in [0.3, 0.4) is 0 Å². The SMILES string of the molecule is C=C/C=C(/F)CCNc1cc(-c2cnn(C)c2C)ccn1. The lowest BCUT2D eigenvalue weighted by Gasteiger charge is -2.07. The minimum atomic E-state index is -0.197. The first-order valence-corrected chi connectivity index (χ1v) is 6.78. The van der Waals surface area contributed by atoms with Gasteiger partial charge in [-0.2, -0.15) is 5.10 Å². The predicted molar refractivity (Wildman–Crippen MR) is 83.7 cm³/mol. The summed E-state index contributed by atoms with van der Waals surface area (Å²) in [5.41, 5.74) is 3.20. The van der Waals surface area contributed by atoms with E-state index < -0.39 is 0 Å². The zero-order valence-electron chi connectivity index (χ0n) is 12.3. The minimum absolute atomic E-state index is 0.197. The number of rotatable bonds is 6. The Balaban J connectivity index is 2.06. The number of hydrogen-bond donors (Lipinski definition) is 1. The molecule has 0 saturated carbocycles. The highest BCUT2D eigenvalue weighted by Crippen LogP contribution is 2.24. The fraction of sp³-hybridized carbons (Fsp3) is 0.250. The van der Waals surface area contributed by atoms with E-state index in [9.17, 15) is 4.39 Å². The van der Waals surface area contributed by atoms with E-state index >= 15 is 0 Å². The van der Waals surface area contributed by atoms with Crippen molar-refractivity contribution in [2.45, 2.75) is 13.3 Å². The smallest absolute Gasteiger partial charge is 0.126 e. The van der Waals surface area contributed by atoms with Gasteiger partial charge in [0, 0.05) is 37.5 Å². The molecule has 0 bridgehead atoms. The third-order valence-electron chi connectivity index (χ3n) is 3.27. The molecule has 0 atom stereocenters. The van der Waals surface area contributed by atoms with E-state index in [4.69, 9.17) is 0 Å². The number of halogens is 1. The van der Waals surface area contributed by atoms with Crippen LogP contribution in [0, 0.1) is 6.92 Å². The van der Waals surface area contributed by atoms with Gasteiger partial charge in [-0.1, -0.05) is 12.7 Å². The van der Waals surface area contributed by atoms with Gasteiger partial charge >= 0.3 is 0 Å². The number of pyridine rings is 1. The summed E-state index contributed by atoms with van der Waals surface area (Å²) in [6.45, 7) is 5.97. The molecule has 1 N–H and O–H groups in total. The molecular weight excluding hydrogens is 267 g/mol. The highest BCUT2D eigenvalue weighted by Gasteiger charge is 2.07. The largest absolute Gasteiger partial charge is 0.370 e. The van der Waals surface area contributed by atoms with E-state index in [0.29, 0.717) is 13.0 Å². The molecule has 0 spiro atoms. The van der Waals surface area contributed by atoms with Gasteiger partial charge in [0.05, 0.1) is 6.20 Å². The average Bonchev–Trinajstić information content (AvgIpc) is 2.80. The maximum atomic E-state index is 13.2. The lowest BCUT2D eigenvalue weighted by atomic mass is 10.1. The van der Waals surface area contributed by atoms with Crippen molar-refractivity contribution in [3.8, 4) is 11.1 Å². The molecule has 110 valence electrons. The number of hydrogen-bond acceptors (Lipinski definition) is 3. The van der Waals surface area contributed by atoms with Crippen LogP contribution < -0.4 is 5.32 Å². The van der Waals surface area contributed by atoms with Crippen molar-refractivity contribution in [2.75, 3.05) is 11.9 Å². The quantitative estimate of drug-likeness (QED) is 0.825. The van der Waals surface area contributed by atoms with Gasteiger partial charge in [0.25, 0.3) is 0 Å². The highest BCUT2D eigenvalue weighted by atomic mass is 19.1. The maximum Gasteiger partial charge on any atom is 0.126 e. The van der Waals surface area contributed by atoms with E-state index in [1.54, 1.807) is 6.20 Å². The summed E-state index contributed by atoms with van der Waals surface area (Å²) < 4.78 is 15.1. The van der Waals surface area contributed by atoms with Crippen LogP contribution in [0.15, 0.2) is 49.1 Å². The second kappa shape index (κ2) is 6.83. The molecular formula is C16H19FN4. The molecule has 0 amide bonds. The van der Waals surface area contributed by atoms with Crippen LogP contribution in [0.4, 0.5) is 10.2 Å². The number of aromatic nitrogens is 3. The summed E-state index contributed by atoms with van der Waals surface area (Å²) in [7, 11) is 1.91. The van der Waals surface area contributed by atoms with Crippen LogP contribution in [0.1, 0.15) is 12.1 Å². The minimum Gasteiger partial charge on any atom is -0.370 e. The molecule has 0 aromatic carbocycles. The van der Waals surface area contributed by atoms with Crippen LogP contribution in [-0.2, 0) is 7.05 Å². The molecule has 21 heavy (non-hydrogen) atoms. The van der Waals surface area contributed by atoms with Crippen LogP contribution in [0.2, 0.25) is 0 Å². The van der Waals surface area contributed by atoms with E-state index in [0.717, 1.165) is 22.6 Å².